The highest BCUT2D eigenvalue weighted by molar-refractivity contribution is 14.0. The zero-order valence-corrected chi connectivity index (χ0v) is 20.7. The monoisotopic (exact) mass is 565 g/mol. The number of guanidine groups is 1. The van der Waals surface area contributed by atoms with Crippen molar-refractivity contribution in [3.05, 3.63) is 18.2 Å². The Kier molecular flexibility index (Phi) is 15.1. The number of nitrogens with zero attached hydrogens (tertiary/aromatic N) is 3. The number of aromatic nitrogens is 2. The fourth-order valence-electron chi connectivity index (χ4n) is 2.63. The molecular formula is C19H35F3IN5O3. The van der Waals surface area contributed by atoms with E-state index in [4.69, 9.17) is 9.47 Å². The molecule has 1 rings (SSSR count). The molecule has 31 heavy (non-hydrogen) atoms. The van der Waals surface area contributed by atoms with Crippen LogP contribution in [0, 0.1) is 0 Å². The summed E-state index contributed by atoms with van der Waals surface area (Å²) >= 11 is 0. The van der Waals surface area contributed by atoms with Gasteiger partial charge in [0.25, 0.3) is 0 Å². The summed E-state index contributed by atoms with van der Waals surface area (Å²) in [5.41, 5.74) is -3.08. The van der Waals surface area contributed by atoms with E-state index in [9.17, 15) is 18.3 Å². The van der Waals surface area contributed by atoms with Gasteiger partial charge in [-0.25, -0.2) is 4.98 Å². The van der Waals surface area contributed by atoms with Gasteiger partial charge in [-0.2, -0.15) is 13.2 Å². The summed E-state index contributed by atoms with van der Waals surface area (Å²) in [6, 6.07) is 0. The summed E-state index contributed by atoms with van der Waals surface area (Å²) in [5.74, 6) is -0.109. The number of halogens is 4. The van der Waals surface area contributed by atoms with Crippen molar-refractivity contribution in [2.45, 2.75) is 44.9 Å². The summed E-state index contributed by atoms with van der Waals surface area (Å²) in [6.07, 6.45) is -0.845. The molecule has 1 heterocycles. The Balaban J connectivity index is 0.00000900. The Hall–Kier alpha value is -1.12. The molecule has 0 saturated carbocycles. The van der Waals surface area contributed by atoms with Crippen LogP contribution < -0.4 is 10.6 Å². The molecule has 0 bridgehead atoms. The molecule has 1 unspecified atom stereocenters. The molecular weight excluding hydrogens is 530 g/mol. The summed E-state index contributed by atoms with van der Waals surface area (Å²) in [5, 5.41) is 16.3. The van der Waals surface area contributed by atoms with E-state index in [1.54, 1.807) is 0 Å². The third-order valence-corrected chi connectivity index (χ3v) is 4.30. The maximum absolute atomic E-state index is 13.5. The predicted octanol–water partition coefficient (Wildman–Crippen LogP) is 2.57. The van der Waals surface area contributed by atoms with Gasteiger partial charge in [0.05, 0.1) is 19.8 Å². The predicted molar refractivity (Wildman–Crippen MR) is 124 cm³/mol. The summed E-state index contributed by atoms with van der Waals surface area (Å²) in [6.45, 7) is 6.80. The van der Waals surface area contributed by atoms with Gasteiger partial charge < -0.3 is 29.8 Å². The molecule has 0 amide bonds. The van der Waals surface area contributed by atoms with Gasteiger partial charge in [-0.15, -0.1) is 24.0 Å². The summed E-state index contributed by atoms with van der Waals surface area (Å²) in [4.78, 5) is 7.81. The lowest BCUT2D eigenvalue weighted by Crippen LogP contribution is -2.45. The average Bonchev–Trinajstić information content (AvgIpc) is 3.12. The Morgan fingerprint density at radius 3 is 2.39 bits per heavy atom. The number of aliphatic hydroxyl groups is 1. The minimum atomic E-state index is -4.87. The number of unbranched alkanes of at least 4 members (excludes halogenated alkanes) is 1. The minimum absolute atomic E-state index is 0. The topological polar surface area (TPSA) is 92.9 Å². The van der Waals surface area contributed by atoms with Gasteiger partial charge in [-0.05, 0) is 13.3 Å². The molecule has 0 aliphatic rings. The van der Waals surface area contributed by atoms with Crippen LogP contribution in [0.4, 0.5) is 13.2 Å². The molecule has 0 aliphatic heterocycles. The molecule has 12 heteroatoms. The highest BCUT2D eigenvalue weighted by Crippen LogP contribution is 2.40. The molecule has 3 N–H and O–H groups in total. The zero-order chi connectivity index (χ0) is 22.5. The Morgan fingerprint density at radius 2 is 1.84 bits per heavy atom. The van der Waals surface area contributed by atoms with Crippen molar-refractivity contribution in [3.8, 4) is 0 Å². The van der Waals surface area contributed by atoms with Gasteiger partial charge in [0.15, 0.2) is 5.96 Å². The van der Waals surface area contributed by atoms with Crippen LogP contribution in [-0.4, -0.2) is 72.9 Å². The average molecular weight is 565 g/mol. The van der Waals surface area contributed by atoms with E-state index >= 15 is 0 Å². The maximum Gasteiger partial charge on any atom is 0.424 e. The fraction of sp³-hybridized carbons (Fsp3) is 0.789. The first-order valence-electron chi connectivity index (χ1n) is 10.2. The maximum atomic E-state index is 13.5. The largest absolute Gasteiger partial charge is 0.424 e. The van der Waals surface area contributed by atoms with Crippen LogP contribution in [0.25, 0.3) is 0 Å². The third kappa shape index (κ3) is 10.4. The Bertz CT molecular complexity index is 631. The van der Waals surface area contributed by atoms with E-state index < -0.39 is 24.0 Å². The minimum Gasteiger partial charge on any atom is -0.379 e. The molecule has 0 aromatic carbocycles. The first-order chi connectivity index (χ1) is 14.3. The van der Waals surface area contributed by atoms with Crippen molar-refractivity contribution in [1.29, 1.82) is 0 Å². The number of aliphatic imine (C=N–C) groups is 1. The van der Waals surface area contributed by atoms with Crippen LogP contribution in [0.1, 0.15) is 38.9 Å². The molecule has 182 valence electrons. The third-order valence-electron chi connectivity index (χ3n) is 4.30. The van der Waals surface area contributed by atoms with Crippen LogP contribution in [0.15, 0.2) is 17.4 Å². The van der Waals surface area contributed by atoms with E-state index in [2.05, 4.69) is 27.5 Å². The number of rotatable bonds is 14. The Morgan fingerprint density at radius 1 is 1.16 bits per heavy atom. The van der Waals surface area contributed by atoms with Crippen LogP contribution in [-0.2, 0) is 22.1 Å². The van der Waals surface area contributed by atoms with Gasteiger partial charge in [-0.3, -0.25) is 4.99 Å². The van der Waals surface area contributed by atoms with Crippen molar-refractivity contribution in [2.75, 3.05) is 46.1 Å². The number of hydrogen-bond acceptors (Lipinski definition) is 5. The second kappa shape index (κ2) is 15.6. The highest BCUT2D eigenvalue weighted by atomic mass is 127. The van der Waals surface area contributed by atoms with E-state index in [0.29, 0.717) is 38.9 Å². The number of nitrogens with one attached hydrogen (secondary N) is 2. The Labute approximate surface area is 199 Å². The molecule has 1 aromatic rings. The van der Waals surface area contributed by atoms with Gasteiger partial charge in [-0.1, -0.05) is 13.3 Å². The molecule has 0 aliphatic carbocycles. The fourth-order valence-corrected chi connectivity index (χ4v) is 2.63. The van der Waals surface area contributed by atoms with Crippen molar-refractivity contribution in [2.24, 2.45) is 12.0 Å². The quantitative estimate of drug-likeness (QED) is 0.139. The standard InChI is InChI=1S/C19H34F3N5O3.HI/c1-4-6-12-29-14-15-30-13-10-26-17(23-5-2)25-8-7-18(28,19(20,21)22)16-24-9-11-27(16)3;/h9,11,28H,4-8,10,12-15H2,1-3H3,(H2,23,25,26);1H. The van der Waals surface area contributed by atoms with E-state index in [-0.39, 0.29) is 30.5 Å². The molecule has 8 nitrogen and oxygen atoms in total. The summed E-state index contributed by atoms with van der Waals surface area (Å²) < 4.78 is 52.6. The molecule has 1 atom stereocenters. The molecule has 0 radical (unpaired) electrons. The van der Waals surface area contributed by atoms with E-state index in [1.807, 2.05) is 6.92 Å². The number of imidazole rings is 1. The SMILES string of the molecule is CCCCOCCOCCNC(=NCCC(O)(c1nccn1C)C(F)(F)F)NCC.I. The van der Waals surface area contributed by atoms with Gasteiger partial charge in [0.1, 0.15) is 5.82 Å². The van der Waals surface area contributed by atoms with Gasteiger partial charge >= 0.3 is 6.18 Å². The number of aryl methyl sites for hydroxylation is 1. The first-order valence-corrected chi connectivity index (χ1v) is 10.2. The van der Waals surface area contributed by atoms with Crippen LogP contribution in [0.5, 0.6) is 0 Å². The second-order valence-electron chi connectivity index (χ2n) is 6.74. The van der Waals surface area contributed by atoms with Crippen molar-refractivity contribution >= 4 is 29.9 Å². The lowest BCUT2D eigenvalue weighted by Gasteiger charge is -2.29. The van der Waals surface area contributed by atoms with Crippen molar-refractivity contribution in [1.82, 2.24) is 20.2 Å². The van der Waals surface area contributed by atoms with Crippen LogP contribution in [0.2, 0.25) is 0 Å². The highest BCUT2D eigenvalue weighted by Gasteiger charge is 2.57. The van der Waals surface area contributed by atoms with E-state index in [0.717, 1.165) is 24.0 Å². The van der Waals surface area contributed by atoms with Crippen molar-refractivity contribution in [3.63, 3.8) is 0 Å². The first kappa shape index (κ1) is 29.9. The summed E-state index contributed by atoms with van der Waals surface area (Å²) in [7, 11) is 1.41. The zero-order valence-electron chi connectivity index (χ0n) is 18.4. The molecule has 1 aromatic heterocycles. The molecule has 0 fully saturated rings. The van der Waals surface area contributed by atoms with Crippen LogP contribution in [0.3, 0.4) is 0 Å². The van der Waals surface area contributed by atoms with Gasteiger partial charge in [0.2, 0.25) is 5.60 Å². The van der Waals surface area contributed by atoms with Gasteiger partial charge in [0, 0.05) is 52.1 Å². The van der Waals surface area contributed by atoms with E-state index in [1.165, 1.54) is 19.4 Å². The second-order valence-corrected chi connectivity index (χ2v) is 6.74. The number of ether oxygens (including phenoxy) is 2. The van der Waals surface area contributed by atoms with Crippen LogP contribution >= 0.6 is 24.0 Å². The lowest BCUT2D eigenvalue weighted by molar-refractivity contribution is -0.272. The molecule has 0 spiro atoms. The normalized spacial score (nSPS) is 14.1. The number of alkyl halides is 3. The molecule has 0 saturated heterocycles. The lowest BCUT2D eigenvalue weighted by atomic mass is 9.98. The smallest absolute Gasteiger partial charge is 0.379 e. The van der Waals surface area contributed by atoms with Crippen molar-refractivity contribution < 1.29 is 27.8 Å². The number of hydrogen-bond donors (Lipinski definition) is 3.